The summed E-state index contributed by atoms with van der Waals surface area (Å²) in [4.78, 5) is 43.1. The van der Waals surface area contributed by atoms with Crippen LogP contribution in [0, 0.1) is 0 Å². The van der Waals surface area contributed by atoms with E-state index in [-0.39, 0.29) is 17.9 Å². The second-order valence-corrected chi connectivity index (χ2v) is 9.04. The van der Waals surface area contributed by atoms with E-state index in [1.54, 1.807) is 41.8 Å². The molecule has 2 aromatic heterocycles. The smallest absolute Gasteiger partial charge is 0.283 e. The van der Waals surface area contributed by atoms with Gasteiger partial charge in [0.05, 0.1) is 16.8 Å². The molecule has 2 amide bonds. The van der Waals surface area contributed by atoms with Crippen LogP contribution in [0.1, 0.15) is 0 Å². The molecule has 4 aromatic rings. The number of thioether (sulfide) groups is 1. The van der Waals surface area contributed by atoms with Crippen LogP contribution < -0.4 is 25.9 Å². The summed E-state index contributed by atoms with van der Waals surface area (Å²) < 4.78 is 12.6. The van der Waals surface area contributed by atoms with Gasteiger partial charge in [0, 0.05) is 0 Å². The Balaban J connectivity index is 1.24. The van der Waals surface area contributed by atoms with E-state index in [9.17, 15) is 14.4 Å². The number of benzene rings is 2. The van der Waals surface area contributed by atoms with Crippen molar-refractivity contribution in [3.63, 3.8) is 0 Å². The number of nitrogens with zero attached hydrogens (tertiary/aromatic N) is 2. The van der Waals surface area contributed by atoms with Crippen molar-refractivity contribution in [2.75, 3.05) is 12.4 Å². The van der Waals surface area contributed by atoms with E-state index in [4.69, 9.17) is 9.47 Å². The number of nitrogens with one attached hydrogen (secondary N) is 2. The van der Waals surface area contributed by atoms with Gasteiger partial charge in [0.15, 0.2) is 16.7 Å². The number of fused-ring (bicyclic) bond motifs is 2. The summed E-state index contributed by atoms with van der Waals surface area (Å²) in [7, 11) is 0. The van der Waals surface area contributed by atoms with E-state index >= 15 is 0 Å². The van der Waals surface area contributed by atoms with Gasteiger partial charge in [0.25, 0.3) is 11.5 Å². The molecule has 1 aliphatic rings. The van der Waals surface area contributed by atoms with E-state index in [2.05, 4.69) is 15.8 Å². The van der Waals surface area contributed by atoms with Crippen LogP contribution in [0.15, 0.2) is 76.0 Å². The summed E-state index contributed by atoms with van der Waals surface area (Å²) in [6, 6.07) is 17.9. The average Bonchev–Trinajstić information content (AvgIpc) is 3.35. The summed E-state index contributed by atoms with van der Waals surface area (Å²) in [6.07, 6.45) is -0.894. The number of carbonyl (C=O) groups excluding carboxylic acids is 2. The van der Waals surface area contributed by atoms with Crippen molar-refractivity contribution in [2.45, 2.75) is 11.3 Å². The average molecular weight is 495 g/mol. The van der Waals surface area contributed by atoms with E-state index < -0.39 is 17.9 Å². The predicted molar refractivity (Wildman–Crippen MR) is 129 cm³/mol. The highest BCUT2D eigenvalue weighted by Gasteiger charge is 2.27. The second kappa shape index (κ2) is 9.57. The highest BCUT2D eigenvalue weighted by molar-refractivity contribution is 7.99. The lowest BCUT2D eigenvalue weighted by molar-refractivity contribution is -0.134. The van der Waals surface area contributed by atoms with Crippen molar-refractivity contribution < 1.29 is 19.1 Å². The van der Waals surface area contributed by atoms with Crippen LogP contribution in [0.4, 0.5) is 0 Å². The summed E-state index contributed by atoms with van der Waals surface area (Å²) in [5, 5.41) is 2.71. The normalized spacial score (nSPS) is 14.5. The minimum atomic E-state index is -0.894. The van der Waals surface area contributed by atoms with Crippen LogP contribution in [0.5, 0.6) is 11.5 Å². The highest BCUT2D eigenvalue weighted by atomic mass is 32.2. The van der Waals surface area contributed by atoms with Crippen LogP contribution in [-0.4, -0.2) is 39.8 Å². The molecule has 0 aliphatic carbocycles. The lowest BCUT2D eigenvalue weighted by Crippen LogP contribution is -2.51. The largest absolute Gasteiger partial charge is 0.485 e. The van der Waals surface area contributed by atoms with Gasteiger partial charge in [-0.05, 0) is 35.7 Å². The monoisotopic (exact) mass is 494 g/mol. The second-order valence-electron chi connectivity index (χ2n) is 7.20. The zero-order valence-corrected chi connectivity index (χ0v) is 19.2. The number of amides is 2. The lowest BCUT2D eigenvalue weighted by atomic mass is 10.2. The minimum Gasteiger partial charge on any atom is -0.485 e. The van der Waals surface area contributed by atoms with Crippen molar-refractivity contribution in [1.82, 2.24) is 20.4 Å². The van der Waals surface area contributed by atoms with Crippen LogP contribution in [0.25, 0.3) is 15.9 Å². The van der Waals surface area contributed by atoms with Gasteiger partial charge >= 0.3 is 0 Å². The Bertz CT molecular complexity index is 1420. The molecule has 34 heavy (non-hydrogen) atoms. The molecular weight excluding hydrogens is 476 g/mol. The van der Waals surface area contributed by atoms with E-state index in [0.29, 0.717) is 32.6 Å². The van der Waals surface area contributed by atoms with Crippen molar-refractivity contribution in [2.24, 2.45) is 0 Å². The number of ether oxygens (including phenoxy) is 2. The maximum Gasteiger partial charge on any atom is 0.283 e. The van der Waals surface area contributed by atoms with Gasteiger partial charge in [0.2, 0.25) is 12.0 Å². The van der Waals surface area contributed by atoms with Gasteiger partial charge in [-0.3, -0.25) is 29.8 Å². The van der Waals surface area contributed by atoms with Gasteiger partial charge in [-0.15, -0.1) is 11.3 Å². The number of aromatic nitrogens is 2. The van der Waals surface area contributed by atoms with E-state index in [1.807, 2.05) is 24.3 Å². The molecular formula is C23H18N4O5S2. The lowest BCUT2D eigenvalue weighted by Gasteiger charge is -2.25. The Morgan fingerprint density at radius 3 is 2.65 bits per heavy atom. The van der Waals surface area contributed by atoms with Crippen molar-refractivity contribution >= 4 is 45.1 Å². The van der Waals surface area contributed by atoms with E-state index in [1.165, 1.54) is 15.9 Å². The topological polar surface area (TPSA) is 112 Å². The predicted octanol–water partition coefficient (Wildman–Crippen LogP) is 2.53. The quantitative estimate of drug-likeness (QED) is 0.249. The van der Waals surface area contributed by atoms with Crippen LogP contribution in [-0.2, 0) is 9.59 Å². The van der Waals surface area contributed by atoms with Gasteiger partial charge in [0.1, 0.15) is 11.4 Å². The van der Waals surface area contributed by atoms with E-state index in [0.717, 1.165) is 11.8 Å². The maximum atomic E-state index is 13.1. The number of para-hydroxylation sites is 3. The molecule has 0 fully saturated rings. The molecule has 172 valence electrons. The molecule has 1 atom stereocenters. The first kappa shape index (κ1) is 22.0. The Morgan fingerprint density at radius 1 is 1.06 bits per heavy atom. The van der Waals surface area contributed by atoms with Crippen LogP contribution >= 0.6 is 23.1 Å². The third kappa shape index (κ3) is 4.47. The number of hydrogen-bond donors (Lipinski definition) is 2. The van der Waals surface area contributed by atoms with Crippen LogP contribution in [0.2, 0.25) is 0 Å². The summed E-state index contributed by atoms with van der Waals surface area (Å²) in [6.45, 7) is 0.0293. The standard InChI is InChI=1S/C23H18N4O5S2/c28-19(25-26-20(29)18-12-31-16-8-4-5-9-17(16)32-18)13-34-23-24-21-15(10-11-33-21)22(30)27(23)14-6-2-1-3-7-14/h1-11,18H,12-13H2,(H,25,28)(H,26,29)/t18-/m1/s1. The fraction of sp³-hybridized carbons (Fsp3) is 0.130. The SMILES string of the molecule is O=C(CSc1nc2sccc2c(=O)n1-c1ccccc1)NNC(=O)[C@H]1COc2ccccc2O1. The number of hydrogen-bond acceptors (Lipinski definition) is 8. The van der Waals surface area contributed by atoms with Crippen molar-refractivity contribution in [1.29, 1.82) is 0 Å². The molecule has 11 heteroatoms. The molecule has 0 spiro atoms. The van der Waals surface area contributed by atoms with Gasteiger partial charge in [-0.2, -0.15) is 0 Å². The Kier molecular flexibility index (Phi) is 6.19. The molecule has 3 heterocycles. The molecule has 0 radical (unpaired) electrons. The number of hydrazine groups is 1. The van der Waals surface area contributed by atoms with Gasteiger partial charge in [-0.25, -0.2) is 4.98 Å². The number of carbonyl (C=O) groups is 2. The Hall–Kier alpha value is -3.83. The molecule has 5 rings (SSSR count). The first-order valence-electron chi connectivity index (χ1n) is 10.3. The molecule has 2 N–H and O–H groups in total. The Morgan fingerprint density at radius 2 is 1.82 bits per heavy atom. The van der Waals surface area contributed by atoms with Gasteiger partial charge < -0.3 is 9.47 Å². The third-order valence-corrected chi connectivity index (χ3v) is 6.68. The molecule has 1 aliphatic heterocycles. The number of rotatable bonds is 5. The van der Waals surface area contributed by atoms with Crippen LogP contribution in [0.3, 0.4) is 0 Å². The Labute approximate surface area is 201 Å². The fourth-order valence-electron chi connectivity index (χ4n) is 3.32. The minimum absolute atomic E-state index is 0.0293. The summed E-state index contributed by atoms with van der Waals surface area (Å²) in [5.74, 6) is -0.0412. The fourth-order valence-corrected chi connectivity index (χ4v) is 4.94. The molecule has 0 saturated heterocycles. The summed E-state index contributed by atoms with van der Waals surface area (Å²) in [5.41, 5.74) is 5.18. The number of thiophene rings is 1. The molecule has 0 saturated carbocycles. The molecule has 9 nitrogen and oxygen atoms in total. The molecule has 0 bridgehead atoms. The zero-order chi connectivity index (χ0) is 23.5. The zero-order valence-electron chi connectivity index (χ0n) is 17.6. The summed E-state index contributed by atoms with van der Waals surface area (Å²) >= 11 is 2.46. The highest BCUT2D eigenvalue weighted by Crippen LogP contribution is 2.30. The van der Waals surface area contributed by atoms with Crippen molar-refractivity contribution in [3.05, 3.63) is 76.4 Å². The first-order chi connectivity index (χ1) is 16.6. The maximum absolute atomic E-state index is 13.1. The molecule has 0 unspecified atom stereocenters. The first-order valence-corrected chi connectivity index (χ1v) is 12.1. The van der Waals surface area contributed by atoms with Gasteiger partial charge in [-0.1, -0.05) is 42.1 Å². The van der Waals surface area contributed by atoms with Crippen molar-refractivity contribution in [3.8, 4) is 17.2 Å². The molecule has 2 aromatic carbocycles. The third-order valence-electron chi connectivity index (χ3n) is 4.94.